The number of amidine groups is 1. The van der Waals surface area contributed by atoms with Crippen LogP contribution in [0, 0.1) is 11.7 Å². The minimum absolute atomic E-state index is 0.184. The number of halogens is 1. The molecule has 3 rings (SSSR count). The Morgan fingerprint density at radius 3 is 2.89 bits per heavy atom. The van der Waals surface area contributed by atoms with E-state index in [4.69, 9.17) is 10.5 Å². The number of hydrogen-bond donors (Lipinski definition) is 2. The Labute approximate surface area is 209 Å². The number of anilines is 1. The van der Waals surface area contributed by atoms with E-state index in [0.717, 1.165) is 31.3 Å². The van der Waals surface area contributed by atoms with Gasteiger partial charge in [0.1, 0.15) is 17.3 Å². The Morgan fingerprint density at radius 2 is 2.14 bits per heavy atom. The lowest BCUT2D eigenvalue weighted by molar-refractivity contribution is -0.110. The van der Waals surface area contributed by atoms with Gasteiger partial charge in [0.15, 0.2) is 0 Å². The maximum absolute atomic E-state index is 14.9. The lowest BCUT2D eigenvalue weighted by atomic mass is 10.00. The molecule has 0 aromatic heterocycles. The minimum atomic E-state index is -1.16. The van der Waals surface area contributed by atoms with Gasteiger partial charge in [-0.1, -0.05) is 19.4 Å². The normalized spacial score (nSPS) is 24.1. The largest absolute Gasteiger partial charge is 0.499 e. The van der Waals surface area contributed by atoms with Crippen molar-refractivity contribution in [3.8, 4) is 0 Å². The molecule has 1 aromatic carbocycles. The molecule has 3 unspecified atom stereocenters. The van der Waals surface area contributed by atoms with Gasteiger partial charge in [-0.25, -0.2) is 9.38 Å². The number of amides is 1. The van der Waals surface area contributed by atoms with Crippen LogP contribution in [-0.4, -0.2) is 40.3 Å². The summed E-state index contributed by atoms with van der Waals surface area (Å²) in [6.07, 6.45) is 7.98. The molecule has 3 atom stereocenters. The molecule has 0 spiro atoms. The van der Waals surface area contributed by atoms with Gasteiger partial charge in [0.2, 0.25) is 0 Å². The van der Waals surface area contributed by atoms with E-state index in [-0.39, 0.29) is 17.0 Å². The van der Waals surface area contributed by atoms with Gasteiger partial charge in [-0.2, -0.15) is 0 Å². The molecule has 2 aliphatic heterocycles. The first-order chi connectivity index (χ1) is 16.8. The van der Waals surface area contributed by atoms with E-state index in [1.54, 1.807) is 25.5 Å². The summed E-state index contributed by atoms with van der Waals surface area (Å²) in [6.45, 7) is 4.16. The van der Waals surface area contributed by atoms with Crippen LogP contribution in [0.4, 0.5) is 10.1 Å². The van der Waals surface area contributed by atoms with Gasteiger partial charge >= 0.3 is 0 Å². The van der Waals surface area contributed by atoms with Gasteiger partial charge in [-0.15, -0.1) is 0 Å². The number of nitrogens with two attached hydrogens (primary N) is 1. The van der Waals surface area contributed by atoms with Crippen LogP contribution in [0.2, 0.25) is 0 Å². The van der Waals surface area contributed by atoms with Crippen molar-refractivity contribution in [2.75, 3.05) is 23.9 Å². The summed E-state index contributed by atoms with van der Waals surface area (Å²) in [6, 6.07) is 3.64. The van der Waals surface area contributed by atoms with Crippen molar-refractivity contribution in [3.63, 3.8) is 0 Å². The van der Waals surface area contributed by atoms with Gasteiger partial charge in [0.25, 0.3) is 5.91 Å². The molecular formula is C26H35FN4O3S. The Morgan fingerprint density at radius 1 is 1.34 bits per heavy atom. The molecule has 7 nitrogen and oxygen atoms in total. The molecule has 1 aromatic rings. The number of nitrogens with zero attached hydrogens (tertiary/aromatic N) is 2. The molecule has 35 heavy (non-hydrogen) atoms. The highest BCUT2D eigenvalue weighted by Gasteiger charge is 2.22. The highest BCUT2D eigenvalue weighted by atomic mass is 32.2. The third-order valence-corrected chi connectivity index (χ3v) is 7.71. The third kappa shape index (κ3) is 7.85. The van der Waals surface area contributed by atoms with Crippen molar-refractivity contribution in [2.24, 2.45) is 21.6 Å². The van der Waals surface area contributed by atoms with Crippen molar-refractivity contribution in [2.45, 2.75) is 58.4 Å². The number of hydrogen-bond acceptors (Lipinski definition) is 6. The van der Waals surface area contributed by atoms with Gasteiger partial charge < -0.3 is 15.8 Å². The van der Waals surface area contributed by atoms with Gasteiger partial charge in [0, 0.05) is 40.6 Å². The molecule has 9 heteroatoms. The Bertz CT molecular complexity index is 1080. The predicted octanol–water partition coefficient (Wildman–Crippen LogP) is 4.79. The molecule has 0 radical (unpaired) electrons. The van der Waals surface area contributed by atoms with Crippen LogP contribution in [0.15, 0.2) is 51.8 Å². The highest BCUT2D eigenvalue weighted by Crippen LogP contribution is 2.27. The van der Waals surface area contributed by atoms with E-state index in [2.05, 4.69) is 22.2 Å². The lowest BCUT2D eigenvalue weighted by Crippen LogP contribution is -2.22. The molecule has 0 bridgehead atoms. The van der Waals surface area contributed by atoms with Crippen molar-refractivity contribution >= 4 is 33.9 Å². The van der Waals surface area contributed by atoms with Crippen LogP contribution < -0.4 is 11.1 Å². The van der Waals surface area contributed by atoms with E-state index in [1.165, 1.54) is 12.1 Å². The third-order valence-electron chi connectivity index (χ3n) is 6.28. The summed E-state index contributed by atoms with van der Waals surface area (Å²) >= 11 is 0. The maximum Gasteiger partial charge on any atom is 0.274 e. The zero-order valence-electron chi connectivity index (χ0n) is 20.7. The molecule has 0 saturated heterocycles. The molecule has 190 valence electrons. The standard InChI is InChI=1S/C26H35FN4O3S/c1-4-18-12-20(34-3)15-29-23(13-18)26(32)30-19-8-9-22(27)21(14-19)24-16-35(33)11-5-6-17(2)7-10-25(28)31-24/h8-9,13-15,17,24H,4-7,10-12,16H2,1-3H3,(H2,28,31)(H,30,32). The topological polar surface area (TPSA) is 106 Å². The van der Waals surface area contributed by atoms with E-state index in [1.807, 2.05) is 6.92 Å². The van der Waals surface area contributed by atoms with Crippen LogP contribution in [0.3, 0.4) is 0 Å². The average molecular weight is 503 g/mol. The van der Waals surface area contributed by atoms with Gasteiger partial charge in [0.05, 0.1) is 30.9 Å². The first kappa shape index (κ1) is 26.8. The zero-order chi connectivity index (χ0) is 25.4. The summed E-state index contributed by atoms with van der Waals surface area (Å²) < 4.78 is 32.9. The number of aliphatic imine (C=N–C) groups is 2. The first-order valence-electron chi connectivity index (χ1n) is 12.1. The van der Waals surface area contributed by atoms with E-state index < -0.39 is 28.6 Å². The van der Waals surface area contributed by atoms with Crippen molar-refractivity contribution in [1.82, 2.24) is 0 Å². The monoisotopic (exact) mass is 502 g/mol. The quantitative estimate of drug-likeness (QED) is 0.604. The van der Waals surface area contributed by atoms with Crippen molar-refractivity contribution < 1.29 is 18.1 Å². The fraction of sp³-hybridized carbons (Fsp3) is 0.500. The Kier molecular flexibility index (Phi) is 9.77. The van der Waals surface area contributed by atoms with Crippen molar-refractivity contribution in [3.05, 3.63) is 53.2 Å². The number of rotatable bonds is 5. The number of nitrogens with one attached hydrogen (secondary N) is 1. The second-order valence-corrected chi connectivity index (χ2v) is 10.7. The molecule has 2 heterocycles. The lowest BCUT2D eigenvalue weighted by Gasteiger charge is -2.16. The smallest absolute Gasteiger partial charge is 0.274 e. The number of benzene rings is 1. The SMILES string of the molecule is CCC1=CC(C(=O)Nc2ccc(F)c(C3CS(=O)CCCC(C)CCC(N)=N3)c2)=NC=C(OC)C1. The molecule has 3 N–H and O–H groups in total. The molecule has 1 amide bonds. The summed E-state index contributed by atoms with van der Waals surface area (Å²) in [5, 5.41) is 2.81. The number of methoxy groups -OCH3 is 1. The summed E-state index contributed by atoms with van der Waals surface area (Å²) in [5.41, 5.74) is 8.09. The summed E-state index contributed by atoms with van der Waals surface area (Å²) in [7, 11) is 0.414. The summed E-state index contributed by atoms with van der Waals surface area (Å²) in [5.74, 6) is 1.43. The maximum atomic E-state index is 14.9. The predicted molar refractivity (Wildman–Crippen MR) is 140 cm³/mol. The molecule has 0 aliphatic carbocycles. The zero-order valence-corrected chi connectivity index (χ0v) is 21.5. The second kappa shape index (κ2) is 12.8. The average Bonchev–Trinajstić information content (AvgIpc) is 3.06. The van der Waals surface area contributed by atoms with Crippen LogP contribution >= 0.6 is 0 Å². The second-order valence-electron chi connectivity index (χ2n) is 9.07. The van der Waals surface area contributed by atoms with Crippen LogP contribution in [-0.2, 0) is 20.3 Å². The van der Waals surface area contributed by atoms with E-state index in [9.17, 15) is 13.4 Å². The fourth-order valence-corrected chi connectivity index (χ4v) is 5.35. The van der Waals surface area contributed by atoms with Crippen LogP contribution in [0.25, 0.3) is 0 Å². The molecule has 0 saturated carbocycles. The number of carbonyl (C=O) groups excluding carboxylic acids is 1. The molecular weight excluding hydrogens is 467 g/mol. The number of carbonyl (C=O) groups is 1. The minimum Gasteiger partial charge on any atom is -0.499 e. The van der Waals surface area contributed by atoms with Gasteiger partial charge in [-0.05, 0) is 55.9 Å². The van der Waals surface area contributed by atoms with Crippen LogP contribution in [0.1, 0.15) is 64.0 Å². The number of ether oxygens (including phenoxy) is 1. The fourth-order valence-electron chi connectivity index (χ4n) is 4.09. The van der Waals surface area contributed by atoms with Crippen LogP contribution in [0.5, 0.6) is 0 Å². The molecule has 0 fully saturated rings. The Hall–Kier alpha value is -2.81. The Balaban J connectivity index is 1.86. The first-order valence-corrected chi connectivity index (χ1v) is 13.6. The highest BCUT2D eigenvalue weighted by molar-refractivity contribution is 7.85. The van der Waals surface area contributed by atoms with E-state index >= 15 is 0 Å². The van der Waals surface area contributed by atoms with Crippen molar-refractivity contribution in [1.29, 1.82) is 0 Å². The summed E-state index contributed by atoms with van der Waals surface area (Å²) in [4.78, 5) is 21.8. The van der Waals surface area contributed by atoms with Gasteiger partial charge in [-0.3, -0.25) is 14.0 Å². The van der Waals surface area contributed by atoms with E-state index in [0.29, 0.717) is 41.8 Å². The number of allylic oxidation sites excluding steroid dienone is 1. The molecule has 2 aliphatic rings.